The molecule has 3 fully saturated rings. The Bertz CT molecular complexity index is 1230. The maximum Gasteiger partial charge on any atom is 0.259 e. The summed E-state index contributed by atoms with van der Waals surface area (Å²) in [4.78, 5) is 34.2. The summed E-state index contributed by atoms with van der Waals surface area (Å²) in [7, 11) is -3.71. The molecule has 2 unspecified atom stereocenters. The van der Waals surface area contributed by atoms with Gasteiger partial charge in [-0.05, 0) is 31.4 Å². The Kier molecular flexibility index (Phi) is 5.32. The van der Waals surface area contributed by atoms with Crippen molar-refractivity contribution >= 4 is 32.7 Å². The van der Waals surface area contributed by atoms with Gasteiger partial charge in [0, 0.05) is 18.9 Å². The predicted molar refractivity (Wildman–Crippen MR) is 120 cm³/mol. The van der Waals surface area contributed by atoms with Gasteiger partial charge in [-0.2, -0.15) is 0 Å². The normalized spacial score (nSPS) is 28.8. The Morgan fingerprint density at radius 1 is 1.24 bits per heavy atom. The van der Waals surface area contributed by atoms with E-state index in [0.29, 0.717) is 38.1 Å². The molecule has 11 heteroatoms. The minimum atomic E-state index is -3.71. The molecule has 1 aromatic heterocycles. The van der Waals surface area contributed by atoms with Crippen LogP contribution in [0.15, 0.2) is 43.2 Å². The number of hydrogen-bond acceptors (Lipinski definition) is 8. The molecule has 174 valence electrons. The maximum atomic E-state index is 13.0. The zero-order valence-electron chi connectivity index (χ0n) is 17.9. The van der Waals surface area contributed by atoms with E-state index < -0.39 is 32.8 Å². The lowest BCUT2D eigenvalue weighted by atomic mass is 10.1. The van der Waals surface area contributed by atoms with Crippen molar-refractivity contribution in [2.75, 3.05) is 6.54 Å². The van der Waals surface area contributed by atoms with Gasteiger partial charge < -0.3 is 15.4 Å². The molecule has 3 aliphatic rings. The van der Waals surface area contributed by atoms with E-state index in [2.05, 4.69) is 31.9 Å². The fraction of sp³-hybridized carbons (Fsp3) is 0.455. The lowest BCUT2D eigenvalue weighted by Crippen LogP contribution is -2.55. The summed E-state index contributed by atoms with van der Waals surface area (Å²) in [6.45, 7) is 4.13. The van der Waals surface area contributed by atoms with E-state index >= 15 is 0 Å². The highest BCUT2D eigenvalue weighted by Gasteiger charge is 2.61. The van der Waals surface area contributed by atoms with Crippen LogP contribution in [0.25, 0.3) is 10.9 Å². The first-order valence-electron chi connectivity index (χ1n) is 10.9. The van der Waals surface area contributed by atoms with Crippen LogP contribution < -0.4 is 20.1 Å². The molecule has 4 atom stereocenters. The Labute approximate surface area is 191 Å². The lowest BCUT2D eigenvalue weighted by molar-refractivity contribution is -0.130. The van der Waals surface area contributed by atoms with Gasteiger partial charge in [0.2, 0.25) is 21.8 Å². The van der Waals surface area contributed by atoms with Crippen LogP contribution >= 0.6 is 0 Å². The Morgan fingerprint density at radius 2 is 2.03 bits per heavy atom. The van der Waals surface area contributed by atoms with Gasteiger partial charge in [-0.3, -0.25) is 14.3 Å². The largest absolute Gasteiger partial charge is 0.472 e. The number of para-hydroxylation sites is 1. The van der Waals surface area contributed by atoms with Crippen LogP contribution in [0.1, 0.15) is 25.7 Å². The van der Waals surface area contributed by atoms with Crippen molar-refractivity contribution in [3.8, 4) is 5.88 Å². The molecule has 1 saturated heterocycles. The number of fused-ring (bicyclic) bond motifs is 1. The second-order valence-corrected chi connectivity index (χ2v) is 10.8. The highest BCUT2D eigenvalue weighted by Crippen LogP contribution is 2.45. The summed E-state index contributed by atoms with van der Waals surface area (Å²) in [5.74, 6) is -0.956. The first-order valence-corrected chi connectivity index (χ1v) is 12.5. The average molecular weight is 472 g/mol. The Morgan fingerprint density at radius 3 is 2.76 bits per heavy atom. The Balaban J connectivity index is 1.23. The summed E-state index contributed by atoms with van der Waals surface area (Å²) in [6, 6.07) is 6.91. The van der Waals surface area contributed by atoms with Crippen molar-refractivity contribution in [3.63, 3.8) is 0 Å². The molecule has 1 aromatic carbocycles. The topological polar surface area (TPSA) is 139 Å². The second kappa shape index (κ2) is 8.07. The van der Waals surface area contributed by atoms with Gasteiger partial charge in [0.15, 0.2) is 0 Å². The quantitative estimate of drug-likeness (QED) is 0.471. The third kappa shape index (κ3) is 4.18. The SMILES string of the molecule is C=C[C@@H]1C[C@]1(NC(=O)C1CC(Oc2ncnc3ccccc23)CN1)C(=O)NS(=O)(=O)C1CC1. The summed E-state index contributed by atoms with van der Waals surface area (Å²) >= 11 is 0. The Hall–Kier alpha value is -3.05. The number of aromatic nitrogens is 2. The molecule has 33 heavy (non-hydrogen) atoms. The molecular weight excluding hydrogens is 446 g/mol. The highest BCUT2D eigenvalue weighted by atomic mass is 32.2. The van der Waals surface area contributed by atoms with Gasteiger partial charge in [-0.25, -0.2) is 18.4 Å². The lowest BCUT2D eigenvalue weighted by Gasteiger charge is -2.21. The number of ether oxygens (including phenoxy) is 1. The van der Waals surface area contributed by atoms with Gasteiger partial charge >= 0.3 is 0 Å². The molecule has 3 N–H and O–H groups in total. The van der Waals surface area contributed by atoms with Crippen LogP contribution in [0.2, 0.25) is 0 Å². The first-order chi connectivity index (χ1) is 15.8. The number of benzene rings is 1. The summed E-state index contributed by atoms with van der Waals surface area (Å²) < 4.78 is 32.6. The first kappa shape index (κ1) is 21.8. The van der Waals surface area contributed by atoms with Gasteiger partial charge in [-0.15, -0.1) is 6.58 Å². The van der Waals surface area contributed by atoms with Crippen LogP contribution in [0.5, 0.6) is 5.88 Å². The fourth-order valence-corrected chi connectivity index (χ4v) is 5.61. The number of rotatable bonds is 8. The van der Waals surface area contributed by atoms with Gasteiger partial charge in [0.25, 0.3) is 5.91 Å². The summed E-state index contributed by atoms with van der Waals surface area (Å²) in [6.07, 6.45) is 4.48. The highest BCUT2D eigenvalue weighted by molar-refractivity contribution is 7.91. The van der Waals surface area contributed by atoms with Gasteiger partial charge in [-0.1, -0.05) is 18.2 Å². The zero-order chi connectivity index (χ0) is 23.2. The van der Waals surface area contributed by atoms with Crippen LogP contribution in [0, 0.1) is 5.92 Å². The van der Waals surface area contributed by atoms with Crippen molar-refractivity contribution in [3.05, 3.63) is 43.2 Å². The summed E-state index contributed by atoms with van der Waals surface area (Å²) in [5, 5.41) is 6.15. The van der Waals surface area contributed by atoms with Gasteiger partial charge in [0.05, 0.1) is 22.2 Å². The molecule has 1 aliphatic heterocycles. The monoisotopic (exact) mass is 471 g/mol. The fourth-order valence-electron chi connectivity index (χ4n) is 4.25. The smallest absolute Gasteiger partial charge is 0.259 e. The third-order valence-electron chi connectivity index (χ3n) is 6.44. The van der Waals surface area contributed by atoms with Crippen LogP contribution in [0.4, 0.5) is 0 Å². The minimum absolute atomic E-state index is 0.298. The number of sulfonamides is 1. The van der Waals surface area contributed by atoms with Crippen molar-refractivity contribution < 1.29 is 22.7 Å². The van der Waals surface area contributed by atoms with Crippen molar-refractivity contribution in [1.29, 1.82) is 0 Å². The van der Waals surface area contributed by atoms with Crippen LogP contribution in [-0.2, 0) is 19.6 Å². The number of carbonyl (C=O) groups excluding carboxylic acids is 2. The molecule has 2 aliphatic carbocycles. The molecule has 2 aromatic rings. The van der Waals surface area contributed by atoms with E-state index in [9.17, 15) is 18.0 Å². The molecular formula is C22H25N5O5S. The molecule has 10 nitrogen and oxygen atoms in total. The molecule has 2 saturated carbocycles. The number of nitrogens with zero attached hydrogens (tertiary/aromatic N) is 2. The zero-order valence-corrected chi connectivity index (χ0v) is 18.7. The van der Waals surface area contributed by atoms with E-state index in [1.54, 1.807) is 6.08 Å². The number of amides is 2. The number of hydrogen-bond donors (Lipinski definition) is 3. The van der Waals surface area contributed by atoms with E-state index in [0.717, 1.165) is 10.9 Å². The maximum absolute atomic E-state index is 13.0. The van der Waals surface area contributed by atoms with Gasteiger partial charge in [0.1, 0.15) is 18.0 Å². The minimum Gasteiger partial charge on any atom is -0.472 e. The molecule has 0 bridgehead atoms. The molecule has 0 spiro atoms. The van der Waals surface area contributed by atoms with E-state index in [1.165, 1.54) is 6.33 Å². The molecule has 2 amide bonds. The molecule has 2 heterocycles. The van der Waals surface area contributed by atoms with Crippen molar-refractivity contribution in [1.82, 2.24) is 25.3 Å². The second-order valence-electron chi connectivity index (χ2n) is 8.81. The van der Waals surface area contributed by atoms with Crippen LogP contribution in [0.3, 0.4) is 0 Å². The average Bonchev–Trinajstić information content (AvgIpc) is 3.71. The molecule has 0 radical (unpaired) electrons. The third-order valence-corrected chi connectivity index (χ3v) is 8.26. The molecule has 5 rings (SSSR count). The van der Waals surface area contributed by atoms with Crippen LogP contribution in [-0.4, -0.2) is 59.7 Å². The van der Waals surface area contributed by atoms with E-state index in [4.69, 9.17) is 4.74 Å². The standard InChI is InChI=1S/C22H25N5O5S/c1-2-13-10-22(13,21(29)27-33(30,31)15-7-8-15)26-19(28)18-9-14(11-23-18)32-20-16-5-3-4-6-17(16)24-12-25-20/h2-6,12-15,18,23H,1,7-11H2,(H,26,28)(H,27,29)/t13-,14?,18?,22-/m1/s1. The number of nitrogens with one attached hydrogen (secondary N) is 3. The summed E-state index contributed by atoms with van der Waals surface area (Å²) in [5.41, 5.74) is -0.523. The predicted octanol–water partition coefficient (Wildman–Crippen LogP) is 0.408. The van der Waals surface area contributed by atoms with E-state index in [-0.39, 0.29) is 17.9 Å². The van der Waals surface area contributed by atoms with E-state index in [1.807, 2.05) is 24.3 Å². The number of carbonyl (C=O) groups is 2. The van der Waals surface area contributed by atoms with Crippen molar-refractivity contribution in [2.45, 2.75) is 48.6 Å². The van der Waals surface area contributed by atoms with Crippen molar-refractivity contribution in [2.24, 2.45) is 5.92 Å².